The molecule has 0 aliphatic rings. The summed E-state index contributed by atoms with van der Waals surface area (Å²) in [7, 11) is 0. The molecule has 65 heavy (non-hydrogen) atoms. The quantitative estimate of drug-likeness (QED) is 0.0148. The van der Waals surface area contributed by atoms with Crippen molar-refractivity contribution in [1.82, 2.24) is 19.9 Å². The molecule has 0 aliphatic heterocycles. The number of thiophene rings is 1. The van der Waals surface area contributed by atoms with Gasteiger partial charge in [0, 0.05) is 34.0 Å². The summed E-state index contributed by atoms with van der Waals surface area (Å²) in [4.78, 5) is 51.0. The number of carbonyl (C=O) groups is 3. The average molecular weight is 1010 g/mol. The molecule has 5 aromatic rings. The number of rotatable bonds is 20. The predicted octanol–water partition coefficient (Wildman–Crippen LogP) is 11.7. The molecule has 5 rings (SSSR count). The number of thiocarbonyl (C=S) groups is 1. The van der Waals surface area contributed by atoms with E-state index < -0.39 is 17.6 Å². The molecule has 0 aliphatic carbocycles. The van der Waals surface area contributed by atoms with Crippen molar-refractivity contribution in [3.8, 4) is 22.8 Å². The minimum absolute atomic E-state index is 0. The molecule has 0 atom stereocenters. The summed E-state index contributed by atoms with van der Waals surface area (Å²) in [6, 6.07) is 18.0. The van der Waals surface area contributed by atoms with Crippen LogP contribution in [0.25, 0.3) is 70.0 Å². The van der Waals surface area contributed by atoms with Crippen LogP contribution in [-0.2, 0) is 54.5 Å². The maximum absolute atomic E-state index is 12.4. The van der Waals surface area contributed by atoms with Crippen LogP contribution in [0.1, 0.15) is 70.3 Å². The third-order valence-electron chi connectivity index (χ3n) is 8.18. The zero-order valence-electron chi connectivity index (χ0n) is 34.5. The van der Waals surface area contributed by atoms with Crippen LogP contribution in [0.4, 0.5) is 13.2 Å². The topological polar surface area (TPSA) is 200 Å². The van der Waals surface area contributed by atoms with Gasteiger partial charge in [0.25, 0.3) is 19.4 Å². The molecule has 0 amide bonds. The van der Waals surface area contributed by atoms with E-state index in [1.807, 2.05) is 12.2 Å². The first-order valence-electron chi connectivity index (χ1n) is 19.0. The van der Waals surface area contributed by atoms with Crippen LogP contribution in [0.5, 0.6) is 0 Å². The van der Waals surface area contributed by atoms with Gasteiger partial charge in [-0.1, -0.05) is 44.5 Å². The van der Waals surface area contributed by atoms with Gasteiger partial charge in [-0.05, 0) is 126 Å². The Bertz CT molecular complexity index is 2440. The number of pyridine rings is 4. The summed E-state index contributed by atoms with van der Waals surface area (Å²) >= 11 is 5.43. The molecule has 5 aromatic heterocycles. The fraction of sp³-hybridized carbons (Fsp3) is 0.152. The fourth-order valence-electron chi connectivity index (χ4n) is 5.26. The number of unbranched alkanes of at least 4 members (excludes halogenated alkanes) is 3. The Labute approximate surface area is 395 Å². The third kappa shape index (κ3) is 20.4. The van der Waals surface area contributed by atoms with Crippen molar-refractivity contribution >= 4 is 89.9 Å². The van der Waals surface area contributed by atoms with Crippen LogP contribution in [0.15, 0.2) is 104 Å². The summed E-state index contributed by atoms with van der Waals surface area (Å²) in [5.41, 5.74) is 11.0. The Morgan fingerprint density at radius 3 is 1.74 bits per heavy atom. The SMILES string of the molecule is CCCCCCc1ccc(/C=C/c2ccnc(/C([NH-])=C/C(=N)C(F)(F)F)c2)s1.O=CO/C=C/c1ccnc(-c2cc(/C=C/OC=O)cc(-c3cc(/C=C/OC=O)ccn3)n2)c1.[N-]=C=S.[Ru+2]. The van der Waals surface area contributed by atoms with Crippen LogP contribution in [0.2, 0.25) is 0 Å². The van der Waals surface area contributed by atoms with Crippen LogP contribution in [-0.4, -0.2) is 56.4 Å². The summed E-state index contributed by atoms with van der Waals surface area (Å²) in [6.07, 6.45) is 18.8. The molecule has 0 spiro atoms. The monoisotopic (exact) mass is 1010 g/mol. The molecule has 19 heteroatoms. The molecule has 0 radical (unpaired) electrons. The Hall–Kier alpha value is -6.91. The first-order chi connectivity index (χ1) is 30.9. The van der Waals surface area contributed by atoms with E-state index in [-0.39, 0.29) is 25.2 Å². The number of hydrogen-bond donors (Lipinski definition) is 1. The molecule has 0 unspecified atom stereocenters. The van der Waals surface area contributed by atoms with Gasteiger partial charge in [0.2, 0.25) is 0 Å². The normalized spacial score (nSPS) is 11.2. The van der Waals surface area contributed by atoms with Gasteiger partial charge in [0.15, 0.2) is 0 Å². The molecule has 13 nitrogen and oxygen atoms in total. The molecule has 5 heterocycles. The van der Waals surface area contributed by atoms with Gasteiger partial charge in [-0.3, -0.25) is 34.7 Å². The largest absolute Gasteiger partial charge is 2.00 e. The standard InChI is InChI=1S/C24H17N3O6.C21H23F3N3S.CNS.Ru/c28-15-31-8-3-18-1-6-25-21(11-18)23-13-20(5-10-33-17-30)14-24(27-23)22-12-19(2-7-26-22)4-9-32-16-29;1-2-3-4-5-6-16-9-10-17(28-16)8-7-15-11-12-27-19(13-15)18(25)14-20(26)21(22,23)24;2-1-3;/h1-17H;7-14,25-26H,2-6H2,1H3;;/q;2*-1;+2/b8-3+,9-4+,10-5+;8-7+,18-14-,26-20?;;. The molecule has 336 valence electrons. The van der Waals surface area contributed by atoms with E-state index in [1.54, 1.807) is 84.4 Å². The second kappa shape index (κ2) is 30.2. The smallest absolute Gasteiger partial charge is 0.753 e. The number of allylic oxidation sites excluding steroid dienone is 1. The van der Waals surface area contributed by atoms with Crippen LogP contribution < -0.4 is 0 Å². The molecular formula is C46H40F3N7O6RuS2. The van der Waals surface area contributed by atoms with Gasteiger partial charge in [-0.2, -0.15) is 18.3 Å². The van der Waals surface area contributed by atoms with Crippen LogP contribution in [0, 0.1) is 5.41 Å². The number of ether oxygens (including phenoxy) is 3. The second-order valence-electron chi connectivity index (χ2n) is 12.7. The first kappa shape index (κ1) is 54.2. The van der Waals surface area contributed by atoms with E-state index in [1.165, 1.54) is 66.8 Å². The van der Waals surface area contributed by atoms with Crippen molar-refractivity contribution in [2.45, 2.75) is 45.2 Å². The van der Waals surface area contributed by atoms with Crippen LogP contribution >= 0.6 is 23.6 Å². The maximum atomic E-state index is 12.4. The Morgan fingerprint density at radius 1 is 0.738 bits per heavy atom. The van der Waals surface area contributed by atoms with E-state index in [0.29, 0.717) is 53.8 Å². The number of isothiocyanates is 1. The van der Waals surface area contributed by atoms with E-state index >= 15 is 0 Å². The van der Waals surface area contributed by atoms with Crippen molar-refractivity contribution in [2.24, 2.45) is 0 Å². The summed E-state index contributed by atoms with van der Waals surface area (Å²) in [5, 5.41) is 15.4. The number of halogens is 3. The van der Waals surface area contributed by atoms with Gasteiger partial charge in [0.05, 0.1) is 41.6 Å². The van der Waals surface area contributed by atoms with Crippen molar-refractivity contribution < 1.29 is 61.2 Å². The molecule has 0 fully saturated rings. The zero-order valence-corrected chi connectivity index (χ0v) is 37.8. The number of aromatic nitrogens is 4. The summed E-state index contributed by atoms with van der Waals surface area (Å²) in [6.45, 7) is 3.16. The number of aryl methyl sites for hydroxylation is 1. The number of nitrogens with one attached hydrogen (secondary N) is 2. The van der Waals surface area contributed by atoms with Crippen LogP contribution in [0.3, 0.4) is 0 Å². The number of nitrogens with zero attached hydrogens (tertiary/aromatic N) is 5. The van der Waals surface area contributed by atoms with E-state index in [2.05, 4.69) is 65.4 Å². The van der Waals surface area contributed by atoms with Gasteiger partial charge in [-0.15, -0.1) is 17.0 Å². The maximum Gasteiger partial charge on any atom is 2.00 e. The van der Waals surface area contributed by atoms with Gasteiger partial charge >= 0.3 is 25.7 Å². The summed E-state index contributed by atoms with van der Waals surface area (Å²) in [5.74, 6) is 0. The minimum Gasteiger partial charge on any atom is -0.753 e. The average Bonchev–Trinajstić information content (AvgIpc) is 3.75. The number of hydrogen-bond acceptors (Lipinski definition) is 13. The van der Waals surface area contributed by atoms with Crippen molar-refractivity contribution in [3.63, 3.8) is 0 Å². The number of alkyl halides is 3. The van der Waals surface area contributed by atoms with E-state index in [9.17, 15) is 27.6 Å². The van der Waals surface area contributed by atoms with Gasteiger partial charge in [-0.25, -0.2) is 4.98 Å². The molecule has 0 aromatic carbocycles. The Morgan fingerprint density at radius 2 is 1.23 bits per heavy atom. The van der Waals surface area contributed by atoms with Crippen molar-refractivity contribution in [1.29, 1.82) is 5.41 Å². The van der Waals surface area contributed by atoms with Gasteiger partial charge < -0.3 is 25.4 Å². The van der Waals surface area contributed by atoms with Crippen molar-refractivity contribution in [3.05, 3.63) is 153 Å². The Balaban J connectivity index is 0.000000420. The van der Waals surface area contributed by atoms with E-state index in [0.717, 1.165) is 28.0 Å². The minimum atomic E-state index is -4.77. The fourth-order valence-corrected chi connectivity index (χ4v) is 6.22. The summed E-state index contributed by atoms with van der Waals surface area (Å²) < 4.78 is 51.2. The molecule has 2 N–H and O–H groups in total. The van der Waals surface area contributed by atoms with E-state index in [4.69, 9.17) is 16.6 Å². The molecular weight excluding hydrogens is 969 g/mol. The van der Waals surface area contributed by atoms with Crippen molar-refractivity contribution in [2.75, 3.05) is 0 Å². The Kier molecular flexibility index (Phi) is 25.2. The molecule has 0 saturated carbocycles. The van der Waals surface area contributed by atoms with Gasteiger partial charge in [0.1, 0.15) is 5.71 Å². The number of carbonyl (C=O) groups excluding carboxylic acids is 3. The first-order valence-corrected chi connectivity index (χ1v) is 20.2. The molecule has 0 bridgehead atoms. The molecule has 0 saturated heterocycles. The zero-order chi connectivity index (χ0) is 46.6. The second-order valence-corrected chi connectivity index (χ2v) is 14.1. The third-order valence-corrected chi connectivity index (χ3v) is 9.29. The predicted molar refractivity (Wildman–Crippen MR) is 247 cm³/mol.